The zero-order valence-corrected chi connectivity index (χ0v) is 17.7. The predicted molar refractivity (Wildman–Crippen MR) is 106 cm³/mol. The first-order valence-corrected chi connectivity index (χ1v) is 11.8. The van der Waals surface area contributed by atoms with Crippen molar-refractivity contribution in [1.82, 2.24) is 4.90 Å². The highest BCUT2D eigenvalue weighted by atomic mass is 16.6. The van der Waals surface area contributed by atoms with E-state index in [1.165, 1.54) is 37.7 Å². The van der Waals surface area contributed by atoms with Gasteiger partial charge in [0.25, 0.3) is 0 Å². The third-order valence-corrected chi connectivity index (χ3v) is 10.7. The number of nitrogens with zero attached hydrogens (tertiary/aromatic N) is 1. The average Bonchev–Trinajstić information content (AvgIpc) is 3.19. The number of rotatable bonds is 1. The second-order valence-corrected chi connectivity index (χ2v) is 11.4. The summed E-state index contributed by atoms with van der Waals surface area (Å²) in [5, 5.41) is 0. The lowest BCUT2D eigenvalue weighted by Crippen LogP contribution is -2.83. The molecule has 10 atom stereocenters. The van der Waals surface area contributed by atoms with Gasteiger partial charge in [-0.2, -0.15) is 0 Å². The molecule has 5 saturated carbocycles. The van der Waals surface area contributed by atoms with E-state index in [4.69, 9.17) is 14.2 Å². The van der Waals surface area contributed by atoms with Gasteiger partial charge in [-0.05, 0) is 61.9 Å². The van der Waals surface area contributed by atoms with Gasteiger partial charge in [0.2, 0.25) is 0 Å². The van der Waals surface area contributed by atoms with Crippen LogP contribution in [0.25, 0.3) is 0 Å². The van der Waals surface area contributed by atoms with E-state index < -0.39 is 0 Å². The first-order valence-electron chi connectivity index (χ1n) is 11.8. The summed E-state index contributed by atoms with van der Waals surface area (Å²) < 4.78 is 19.5. The molecule has 5 heteroatoms. The standard InChI is InChI=1S/C24H33NO4/c1-13-15-5-8-24(19(13)28-14(2)26)17(11-15)23-7-4-6-22(3)16(23)12-18(24)29-21(23)25-9-10-27-20(22)25/h15-21H,1,4-12H2,2-3H3/t15-,16+,17-,18+,19-,20+,21?,22+,23-,24+/m0/s1. The third kappa shape index (κ3) is 1.74. The van der Waals surface area contributed by atoms with Gasteiger partial charge in [0.15, 0.2) is 0 Å². The fourth-order valence-corrected chi connectivity index (χ4v) is 10.0. The Hall–Kier alpha value is -0.910. The van der Waals surface area contributed by atoms with E-state index in [-0.39, 0.29) is 46.9 Å². The van der Waals surface area contributed by atoms with Gasteiger partial charge < -0.3 is 14.2 Å². The van der Waals surface area contributed by atoms with Gasteiger partial charge >= 0.3 is 5.97 Å². The molecule has 4 heterocycles. The number of carbonyl (C=O) groups is 1. The van der Waals surface area contributed by atoms with Crippen LogP contribution >= 0.6 is 0 Å². The van der Waals surface area contributed by atoms with Crippen molar-refractivity contribution in [3.63, 3.8) is 0 Å². The molecule has 9 fully saturated rings. The lowest BCUT2D eigenvalue weighted by Gasteiger charge is -2.80. The number of esters is 1. The topological polar surface area (TPSA) is 48.0 Å². The molecule has 5 aliphatic carbocycles. The van der Waals surface area contributed by atoms with Gasteiger partial charge in [0, 0.05) is 29.7 Å². The summed E-state index contributed by atoms with van der Waals surface area (Å²) in [7, 11) is 0. The maximum atomic E-state index is 12.1. The Morgan fingerprint density at radius 1 is 1.17 bits per heavy atom. The monoisotopic (exact) mass is 399 g/mol. The molecule has 0 radical (unpaired) electrons. The summed E-state index contributed by atoms with van der Waals surface area (Å²) in [6.45, 7) is 10.3. The summed E-state index contributed by atoms with van der Waals surface area (Å²) in [5.41, 5.74) is 1.51. The molecule has 5 nitrogen and oxygen atoms in total. The molecule has 4 saturated heterocycles. The highest BCUT2D eigenvalue weighted by Gasteiger charge is 2.81. The van der Waals surface area contributed by atoms with Crippen molar-refractivity contribution in [3.05, 3.63) is 12.2 Å². The second kappa shape index (κ2) is 5.28. The van der Waals surface area contributed by atoms with E-state index >= 15 is 0 Å². The first-order chi connectivity index (χ1) is 13.9. The first kappa shape index (κ1) is 17.7. The third-order valence-electron chi connectivity index (χ3n) is 10.7. The van der Waals surface area contributed by atoms with Crippen LogP contribution in [0.4, 0.5) is 0 Å². The molecular weight excluding hydrogens is 366 g/mol. The van der Waals surface area contributed by atoms with Crippen molar-refractivity contribution in [1.29, 1.82) is 0 Å². The number of hydrogen-bond donors (Lipinski definition) is 0. The zero-order valence-electron chi connectivity index (χ0n) is 17.7. The fourth-order valence-electron chi connectivity index (χ4n) is 10.0. The maximum Gasteiger partial charge on any atom is 0.303 e. The number of hydrogen-bond acceptors (Lipinski definition) is 5. The van der Waals surface area contributed by atoms with E-state index in [1.54, 1.807) is 6.92 Å². The van der Waals surface area contributed by atoms with Gasteiger partial charge in [-0.25, -0.2) is 4.90 Å². The van der Waals surface area contributed by atoms with Crippen LogP contribution < -0.4 is 0 Å². The Balaban J connectivity index is 1.42. The molecule has 0 amide bonds. The van der Waals surface area contributed by atoms with Crippen molar-refractivity contribution < 1.29 is 19.0 Å². The summed E-state index contributed by atoms with van der Waals surface area (Å²) in [6.07, 6.45) is 8.86. The van der Waals surface area contributed by atoms with E-state index in [0.717, 1.165) is 26.0 Å². The van der Waals surface area contributed by atoms with Gasteiger partial charge in [-0.1, -0.05) is 19.9 Å². The molecule has 29 heavy (non-hydrogen) atoms. The van der Waals surface area contributed by atoms with Crippen LogP contribution in [-0.2, 0) is 19.0 Å². The lowest BCUT2D eigenvalue weighted by atomic mass is 9.32. The Kier molecular flexibility index (Phi) is 3.23. The minimum absolute atomic E-state index is 0.0594. The van der Waals surface area contributed by atoms with E-state index in [1.807, 2.05) is 0 Å². The Morgan fingerprint density at radius 2 is 2.03 bits per heavy atom. The second-order valence-electron chi connectivity index (χ2n) is 11.4. The van der Waals surface area contributed by atoms with Crippen molar-refractivity contribution in [3.8, 4) is 0 Å². The molecule has 2 spiro atoms. The largest absolute Gasteiger partial charge is 0.457 e. The quantitative estimate of drug-likeness (QED) is 0.499. The SMILES string of the molecule is C=C1[C@H]2CC[C@@]3([C@H]4C[C@@H]5[C@@]6(C)CCC[C@@]5(C(O4)N4CCO[C@@H]46)[C@@H]3C2)[C@H]1OC(C)=O. The minimum atomic E-state index is -0.169. The van der Waals surface area contributed by atoms with Crippen LogP contribution in [0.3, 0.4) is 0 Å². The van der Waals surface area contributed by atoms with E-state index in [9.17, 15) is 4.79 Å². The van der Waals surface area contributed by atoms with Gasteiger partial charge in [-0.3, -0.25) is 4.79 Å². The molecule has 0 aromatic heterocycles. The number of fused-ring (bicyclic) bond motifs is 4. The van der Waals surface area contributed by atoms with Gasteiger partial charge in [-0.15, -0.1) is 0 Å². The maximum absolute atomic E-state index is 12.1. The van der Waals surface area contributed by atoms with Crippen molar-refractivity contribution >= 4 is 5.97 Å². The normalized spacial score (nSPS) is 59.4. The smallest absolute Gasteiger partial charge is 0.303 e. The Labute approximate surface area is 173 Å². The molecule has 9 aliphatic rings. The average molecular weight is 400 g/mol. The molecule has 0 N–H and O–H groups in total. The van der Waals surface area contributed by atoms with Gasteiger partial charge in [0.05, 0.1) is 12.7 Å². The molecule has 158 valence electrons. The molecule has 0 aromatic carbocycles. The zero-order chi connectivity index (χ0) is 19.8. The van der Waals surface area contributed by atoms with Crippen molar-refractivity contribution in [2.75, 3.05) is 13.2 Å². The van der Waals surface area contributed by atoms with Crippen LogP contribution in [0.15, 0.2) is 12.2 Å². The number of carbonyl (C=O) groups excluding carboxylic acids is 1. The number of ether oxygens (including phenoxy) is 3. The van der Waals surface area contributed by atoms with Crippen LogP contribution in [0.2, 0.25) is 0 Å². The Morgan fingerprint density at radius 3 is 2.86 bits per heavy atom. The fraction of sp³-hybridized carbons (Fsp3) is 0.875. The molecular formula is C24H33NO4. The van der Waals surface area contributed by atoms with Crippen LogP contribution in [-0.4, -0.2) is 48.7 Å². The molecule has 1 unspecified atom stereocenters. The van der Waals surface area contributed by atoms with E-state index in [2.05, 4.69) is 18.4 Å². The summed E-state index contributed by atoms with van der Waals surface area (Å²) >= 11 is 0. The highest BCUT2D eigenvalue weighted by molar-refractivity contribution is 5.67. The van der Waals surface area contributed by atoms with Crippen LogP contribution in [0.5, 0.6) is 0 Å². The Bertz CT molecular complexity index is 813. The molecule has 9 rings (SSSR count). The highest BCUT2D eigenvalue weighted by Crippen LogP contribution is 2.79. The van der Waals surface area contributed by atoms with Crippen molar-refractivity contribution in [2.45, 2.75) is 83.5 Å². The molecule has 0 aromatic rings. The minimum Gasteiger partial charge on any atom is -0.457 e. The van der Waals surface area contributed by atoms with Crippen molar-refractivity contribution in [2.24, 2.45) is 34.0 Å². The predicted octanol–water partition coefficient (Wildman–Crippen LogP) is 3.48. The summed E-state index contributed by atoms with van der Waals surface area (Å²) in [4.78, 5) is 14.7. The van der Waals surface area contributed by atoms with E-state index in [0.29, 0.717) is 17.8 Å². The summed E-state index contributed by atoms with van der Waals surface area (Å²) in [6, 6.07) is 0. The van der Waals surface area contributed by atoms with Crippen LogP contribution in [0, 0.1) is 34.0 Å². The van der Waals surface area contributed by atoms with Gasteiger partial charge in [0.1, 0.15) is 18.6 Å². The molecule has 7 bridgehead atoms. The lowest BCUT2D eigenvalue weighted by molar-refractivity contribution is -0.422. The summed E-state index contributed by atoms with van der Waals surface area (Å²) in [5.74, 6) is 1.57. The molecule has 4 aliphatic heterocycles. The van der Waals surface area contributed by atoms with Crippen LogP contribution in [0.1, 0.15) is 58.8 Å². The number of piperidine rings is 1.